The standard InChI is InChI=1S/C21H21N3O/c22-21(24-23)20-9-5-4-8-19(20)18-12-10-17(11-13-18)15-25-14-16-6-2-1-3-7-16/h1-13H,14-15,23H2,(H2,22,24). The minimum absolute atomic E-state index is 0.325. The van der Waals surface area contributed by atoms with Crippen molar-refractivity contribution in [3.8, 4) is 11.1 Å². The van der Waals surface area contributed by atoms with Gasteiger partial charge in [-0.05, 0) is 22.3 Å². The number of hydrazone groups is 1. The van der Waals surface area contributed by atoms with E-state index >= 15 is 0 Å². The van der Waals surface area contributed by atoms with Crippen molar-refractivity contribution >= 4 is 5.84 Å². The van der Waals surface area contributed by atoms with Crippen molar-refractivity contribution in [2.75, 3.05) is 0 Å². The van der Waals surface area contributed by atoms with E-state index in [-0.39, 0.29) is 0 Å². The quantitative estimate of drug-likeness (QED) is 0.313. The van der Waals surface area contributed by atoms with Gasteiger partial charge in [0, 0.05) is 5.56 Å². The molecule has 0 saturated heterocycles. The van der Waals surface area contributed by atoms with E-state index in [4.69, 9.17) is 16.3 Å². The van der Waals surface area contributed by atoms with Crippen LogP contribution in [0.15, 0.2) is 84.0 Å². The SMILES string of the molecule is NN=C(N)c1ccccc1-c1ccc(COCc2ccccc2)cc1. The van der Waals surface area contributed by atoms with E-state index in [2.05, 4.69) is 41.5 Å². The van der Waals surface area contributed by atoms with Gasteiger partial charge in [0.15, 0.2) is 5.84 Å². The van der Waals surface area contributed by atoms with Crippen molar-refractivity contribution in [1.82, 2.24) is 0 Å². The third-order valence-electron chi connectivity index (χ3n) is 3.99. The zero-order chi connectivity index (χ0) is 17.5. The first-order chi connectivity index (χ1) is 12.3. The molecule has 0 unspecified atom stereocenters. The molecule has 0 bridgehead atoms. The molecule has 3 aromatic carbocycles. The Morgan fingerprint density at radius 1 is 0.760 bits per heavy atom. The molecule has 0 atom stereocenters. The molecule has 25 heavy (non-hydrogen) atoms. The summed E-state index contributed by atoms with van der Waals surface area (Å²) in [7, 11) is 0. The normalized spacial score (nSPS) is 11.4. The predicted octanol–water partition coefficient (Wildman–Crippen LogP) is 3.65. The molecular formula is C21H21N3O. The minimum atomic E-state index is 0.325. The second-order valence-corrected chi connectivity index (χ2v) is 5.74. The lowest BCUT2D eigenvalue weighted by molar-refractivity contribution is 0.107. The molecule has 4 nitrogen and oxygen atoms in total. The summed E-state index contributed by atoms with van der Waals surface area (Å²) in [6, 6.07) is 26.2. The number of amidine groups is 1. The lowest BCUT2D eigenvalue weighted by Crippen LogP contribution is -2.16. The first-order valence-corrected chi connectivity index (χ1v) is 8.11. The second-order valence-electron chi connectivity index (χ2n) is 5.74. The Hall–Kier alpha value is -3.11. The summed E-state index contributed by atoms with van der Waals surface area (Å²) < 4.78 is 5.78. The number of benzene rings is 3. The maximum Gasteiger partial charge on any atom is 0.150 e. The topological polar surface area (TPSA) is 73.6 Å². The van der Waals surface area contributed by atoms with Gasteiger partial charge in [0.2, 0.25) is 0 Å². The van der Waals surface area contributed by atoms with Gasteiger partial charge < -0.3 is 16.3 Å². The average Bonchev–Trinajstić information content (AvgIpc) is 2.69. The van der Waals surface area contributed by atoms with Gasteiger partial charge in [-0.2, -0.15) is 5.10 Å². The molecule has 0 aromatic heterocycles. The summed E-state index contributed by atoms with van der Waals surface area (Å²) in [5.41, 5.74) is 11.1. The second kappa shape index (κ2) is 8.13. The predicted molar refractivity (Wildman–Crippen MR) is 102 cm³/mol. The molecule has 4 heteroatoms. The first kappa shape index (κ1) is 16.7. The lowest BCUT2D eigenvalue weighted by Gasteiger charge is -2.10. The molecule has 0 heterocycles. The van der Waals surface area contributed by atoms with Crippen molar-refractivity contribution in [2.45, 2.75) is 13.2 Å². The molecule has 3 rings (SSSR count). The summed E-state index contributed by atoms with van der Waals surface area (Å²) in [5.74, 6) is 5.65. The molecule has 3 aromatic rings. The van der Waals surface area contributed by atoms with Crippen LogP contribution < -0.4 is 11.6 Å². The largest absolute Gasteiger partial charge is 0.382 e. The summed E-state index contributed by atoms with van der Waals surface area (Å²) in [4.78, 5) is 0. The number of ether oxygens (including phenoxy) is 1. The van der Waals surface area contributed by atoms with Crippen molar-refractivity contribution in [2.24, 2.45) is 16.7 Å². The highest BCUT2D eigenvalue weighted by Crippen LogP contribution is 2.24. The third-order valence-corrected chi connectivity index (χ3v) is 3.99. The van der Waals surface area contributed by atoms with Gasteiger partial charge in [-0.3, -0.25) is 0 Å². The van der Waals surface area contributed by atoms with E-state index in [1.807, 2.05) is 42.5 Å². The molecule has 0 aliphatic carbocycles. The van der Waals surface area contributed by atoms with Crippen LogP contribution in [-0.2, 0) is 18.0 Å². The number of hydrogen-bond donors (Lipinski definition) is 2. The Morgan fingerprint density at radius 3 is 2.04 bits per heavy atom. The van der Waals surface area contributed by atoms with Gasteiger partial charge >= 0.3 is 0 Å². The van der Waals surface area contributed by atoms with Gasteiger partial charge in [0.05, 0.1) is 13.2 Å². The van der Waals surface area contributed by atoms with E-state index < -0.39 is 0 Å². The van der Waals surface area contributed by atoms with Crippen LogP contribution in [0.2, 0.25) is 0 Å². The monoisotopic (exact) mass is 331 g/mol. The lowest BCUT2D eigenvalue weighted by atomic mass is 9.98. The highest BCUT2D eigenvalue weighted by atomic mass is 16.5. The van der Waals surface area contributed by atoms with Crippen molar-refractivity contribution in [3.05, 3.63) is 95.6 Å². The zero-order valence-electron chi connectivity index (χ0n) is 13.9. The van der Waals surface area contributed by atoms with Gasteiger partial charge in [-0.15, -0.1) is 0 Å². The zero-order valence-corrected chi connectivity index (χ0v) is 13.9. The summed E-state index contributed by atoms with van der Waals surface area (Å²) in [5, 5.41) is 3.61. The molecule has 0 amide bonds. The van der Waals surface area contributed by atoms with Crippen LogP contribution in [-0.4, -0.2) is 5.84 Å². The maximum absolute atomic E-state index is 5.89. The van der Waals surface area contributed by atoms with Gasteiger partial charge in [-0.1, -0.05) is 78.9 Å². The van der Waals surface area contributed by atoms with E-state index in [0.29, 0.717) is 19.0 Å². The van der Waals surface area contributed by atoms with Crippen LogP contribution in [0.1, 0.15) is 16.7 Å². The molecule has 0 radical (unpaired) electrons. The van der Waals surface area contributed by atoms with Crippen LogP contribution in [0, 0.1) is 0 Å². The Labute approximate surface area is 147 Å². The van der Waals surface area contributed by atoms with Gasteiger partial charge in [0.1, 0.15) is 0 Å². The summed E-state index contributed by atoms with van der Waals surface area (Å²) in [6.07, 6.45) is 0. The number of hydrogen-bond acceptors (Lipinski definition) is 3. The Morgan fingerprint density at radius 2 is 1.36 bits per heavy atom. The Bertz CT molecular complexity index is 843. The van der Waals surface area contributed by atoms with Crippen molar-refractivity contribution in [3.63, 3.8) is 0 Å². The maximum atomic E-state index is 5.89. The number of nitrogens with zero attached hydrogens (tertiary/aromatic N) is 1. The highest BCUT2D eigenvalue weighted by Gasteiger charge is 2.08. The highest BCUT2D eigenvalue weighted by molar-refractivity contribution is 6.03. The van der Waals surface area contributed by atoms with Crippen LogP contribution in [0.4, 0.5) is 0 Å². The molecule has 126 valence electrons. The molecular weight excluding hydrogens is 310 g/mol. The smallest absolute Gasteiger partial charge is 0.150 e. The fourth-order valence-electron chi connectivity index (χ4n) is 2.67. The molecule has 0 aliphatic rings. The van der Waals surface area contributed by atoms with Crippen molar-refractivity contribution in [1.29, 1.82) is 0 Å². The van der Waals surface area contributed by atoms with E-state index in [1.165, 1.54) is 5.56 Å². The van der Waals surface area contributed by atoms with Crippen molar-refractivity contribution < 1.29 is 4.74 Å². The van der Waals surface area contributed by atoms with Crippen LogP contribution in [0.5, 0.6) is 0 Å². The summed E-state index contributed by atoms with van der Waals surface area (Å²) in [6.45, 7) is 1.18. The van der Waals surface area contributed by atoms with Crippen LogP contribution in [0.3, 0.4) is 0 Å². The fraction of sp³-hybridized carbons (Fsp3) is 0.0952. The molecule has 0 fully saturated rings. The third kappa shape index (κ3) is 4.25. The molecule has 0 aliphatic heterocycles. The Balaban J connectivity index is 1.69. The van der Waals surface area contributed by atoms with Gasteiger partial charge in [0.25, 0.3) is 0 Å². The molecule has 4 N–H and O–H groups in total. The van der Waals surface area contributed by atoms with Crippen LogP contribution in [0.25, 0.3) is 11.1 Å². The number of nitrogens with two attached hydrogens (primary N) is 2. The average molecular weight is 331 g/mol. The first-order valence-electron chi connectivity index (χ1n) is 8.11. The van der Waals surface area contributed by atoms with Gasteiger partial charge in [-0.25, -0.2) is 0 Å². The van der Waals surface area contributed by atoms with E-state index in [0.717, 1.165) is 22.3 Å². The van der Waals surface area contributed by atoms with E-state index in [9.17, 15) is 0 Å². The molecule has 0 spiro atoms. The minimum Gasteiger partial charge on any atom is -0.382 e. The number of rotatable bonds is 6. The van der Waals surface area contributed by atoms with E-state index in [1.54, 1.807) is 0 Å². The summed E-state index contributed by atoms with van der Waals surface area (Å²) >= 11 is 0. The molecule has 0 saturated carbocycles. The fourth-order valence-corrected chi connectivity index (χ4v) is 2.67. The van der Waals surface area contributed by atoms with Crippen LogP contribution >= 0.6 is 0 Å². The Kier molecular flexibility index (Phi) is 5.44.